The highest BCUT2D eigenvalue weighted by atomic mass is 16.5. The van der Waals surface area contributed by atoms with Crippen molar-refractivity contribution in [2.75, 3.05) is 33.3 Å². The molecule has 6 nitrogen and oxygen atoms in total. The molecular weight excluding hydrogens is 256 g/mol. The van der Waals surface area contributed by atoms with Crippen molar-refractivity contribution in [3.05, 3.63) is 18.2 Å². The Morgan fingerprint density at radius 2 is 2.35 bits per heavy atom. The summed E-state index contributed by atoms with van der Waals surface area (Å²) in [4.78, 5) is 24.2. The molecular formula is C14H22N4O2. The second-order valence-electron chi connectivity index (χ2n) is 5.61. The second kappa shape index (κ2) is 5.93. The molecule has 2 saturated heterocycles. The van der Waals surface area contributed by atoms with Gasteiger partial charge in [0.25, 0.3) is 5.91 Å². The van der Waals surface area contributed by atoms with Crippen molar-refractivity contribution in [3.8, 4) is 0 Å². The average molecular weight is 278 g/mol. The molecule has 0 spiro atoms. The Morgan fingerprint density at radius 3 is 3.05 bits per heavy atom. The molecule has 20 heavy (non-hydrogen) atoms. The van der Waals surface area contributed by atoms with Crippen molar-refractivity contribution < 1.29 is 9.53 Å². The average Bonchev–Trinajstić information content (AvgIpc) is 3.02. The van der Waals surface area contributed by atoms with Crippen LogP contribution in [0.3, 0.4) is 0 Å². The summed E-state index contributed by atoms with van der Waals surface area (Å²) in [5, 5.41) is 0. The first-order chi connectivity index (χ1) is 9.75. The maximum atomic E-state index is 12.5. The van der Waals surface area contributed by atoms with E-state index in [2.05, 4.69) is 21.9 Å². The van der Waals surface area contributed by atoms with Crippen molar-refractivity contribution in [2.24, 2.45) is 0 Å². The van der Waals surface area contributed by atoms with E-state index in [-0.39, 0.29) is 18.1 Å². The number of carbonyl (C=O) groups excluding carboxylic acids is 1. The predicted molar refractivity (Wildman–Crippen MR) is 74.1 cm³/mol. The van der Waals surface area contributed by atoms with Crippen molar-refractivity contribution >= 4 is 5.91 Å². The van der Waals surface area contributed by atoms with Gasteiger partial charge in [0.05, 0.1) is 6.04 Å². The summed E-state index contributed by atoms with van der Waals surface area (Å²) in [5.41, 5.74) is 0. The Bertz CT molecular complexity index is 442. The van der Waals surface area contributed by atoms with E-state index in [1.807, 2.05) is 11.1 Å². The number of hydrogen-bond acceptors (Lipinski definition) is 4. The van der Waals surface area contributed by atoms with Gasteiger partial charge in [-0.15, -0.1) is 0 Å². The Hall–Kier alpha value is -1.40. The Morgan fingerprint density at radius 1 is 1.45 bits per heavy atom. The third kappa shape index (κ3) is 2.71. The summed E-state index contributed by atoms with van der Waals surface area (Å²) in [6.07, 6.45) is 6.37. The highest BCUT2D eigenvalue weighted by molar-refractivity contribution is 5.81. The second-order valence-corrected chi connectivity index (χ2v) is 5.61. The number of ether oxygens (including phenoxy) is 1. The molecule has 1 aromatic rings. The van der Waals surface area contributed by atoms with Crippen LogP contribution in [0, 0.1) is 0 Å². The topological polar surface area (TPSA) is 61.5 Å². The molecule has 1 amide bonds. The minimum Gasteiger partial charge on any atom is -0.368 e. The van der Waals surface area contributed by atoms with Crippen LogP contribution in [0.25, 0.3) is 0 Å². The highest BCUT2D eigenvalue weighted by Gasteiger charge is 2.33. The fourth-order valence-electron chi connectivity index (χ4n) is 2.97. The highest BCUT2D eigenvalue weighted by Crippen LogP contribution is 2.23. The van der Waals surface area contributed by atoms with E-state index in [1.54, 1.807) is 6.20 Å². The van der Waals surface area contributed by atoms with E-state index < -0.39 is 0 Å². The molecule has 2 aliphatic rings. The van der Waals surface area contributed by atoms with Crippen LogP contribution in [0.5, 0.6) is 0 Å². The number of imidazole rings is 1. The Balaban J connectivity index is 1.67. The lowest BCUT2D eigenvalue weighted by Gasteiger charge is -2.40. The zero-order valence-corrected chi connectivity index (χ0v) is 11.9. The molecule has 2 fully saturated rings. The summed E-state index contributed by atoms with van der Waals surface area (Å²) in [7, 11) is 2.08. The van der Waals surface area contributed by atoms with Crippen LogP contribution in [0.2, 0.25) is 0 Å². The van der Waals surface area contributed by atoms with Gasteiger partial charge in [0.15, 0.2) is 0 Å². The fraction of sp³-hybridized carbons (Fsp3) is 0.714. The van der Waals surface area contributed by atoms with Gasteiger partial charge in [-0.05, 0) is 26.3 Å². The number of amides is 1. The van der Waals surface area contributed by atoms with Gasteiger partial charge in [-0.25, -0.2) is 4.98 Å². The number of piperazine rings is 1. The number of aromatic nitrogens is 2. The third-order valence-corrected chi connectivity index (χ3v) is 4.25. The SMILES string of the molecule is CN1CCN(C(=O)[C@@H]2CCCCO2)C[C@H]1c1ncc[nH]1. The smallest absolute Gasteiger partial charge is 0.251 e. The standard InChI is InChI=1S/C14H22N4O2/c1-17-7-8-18(10-11(17)13-15-5-6-16-13)14(19)12-4-2-3-9-20-12/h5-6,11-12H,2-4,7-10H2,1H3,(H,15,16)/t11-,12-/m0/s1. The maximum absolute atomic E-state index is 12.5. The van der Waals surface area contributed by atoms with Gasteiger partial charge in [0.1, 0.15) is 11.9 Å². The van der Waals surface area contributed by atoms with Gasteiger partial charge < -0.3 is 14.6 Å². The summed E-state index contributed by atoms with van der Waals surface area (Å²) in [6.45, 7) is 3.03. The lowest BCUT2D eigenvalue weighted by Crippen LogP contribution is -2.52. The van der Waals surface area contributed by atoms with Crippen LogP contribution in [0.1, 0.15) is 31.1 Å². The van der Waals surface area contributed by atoms with E-state index in [4.69, 9.17) is 4.74 Å². The number of nitrogens with zero attached hydrogens (tertiary/aromatic N) is 3. The first-order valence-electron chi connectivity index (χ1n) is 7.35. The van der Waals surface area contributed by atoms with Crippen LogP contribution >= 0.6 is 0 Å². The van der Waals surface area contributed by atoms with Gasteiger partial charge in [-0.1, -0.05) is 0 Å². The fourth-order valence-corrected chi connectivity index (χ4v) is 2.97. The van der Waals surface area contributed by atoms with Crippen molar-refractivity contribution in [1.82, 2.24) is 19.8 Å². The number of H-pyrrole nitrogens is 1. The van der Waals surface area contributed by atoms with Crippen LogP contribution in [0.15, 0.2) is 12.4 Å². The normalized spacial score (nSPS) is 28.6. The lowest BCUT2D eigenvalue weighted by molar-refractivity contribution is -0.149. The van der Waals surface area contributed by atoms with E-state index >= 15 is 0 Å². The minimum absolute atomic E-state index is 0.145. The lowest BCUT2D eigenvalue weighted by atomic mass is 10.1. The van der Waals surface area contributed by atoms with Crippen LogP contribution in [-0.4, -0.2) is 65.1 Å². The quantitative estimate of drug-likeness (QED) is 0.869. The summed E-state index contributed by atoms with van der Waals surface area (Å²) in [5.74, 6) is 1.07. The molecule has 1 N–H and O–H groups in total. The van der Waals surface area contributed by atoms with Crippen molar-refractivity contribution in [1.29, 1.82) is 0 Å². The largest absolute Gasteiger partial charge is 0.368 e. The third-order valence-electron chi connectivity index (χ3n) is 4.25. The van der Waals surface area contributed by atoms with Gasteiger partial charge in [0.2, 0.25) is 0 Å². The molecule has 3 heterocycles. The van der Waals surface area contributed by atoms with E-state index in [9.17, 15) is 4.79 Å². The van der Waals surface area contributed by atoms with E-state index in [1.165, 1.54) is 0 Å². The van der Waals surface area contributed by atoms with Crippen molar-refractivity contribution in [2.45, 2.75) is 31.4 Å². The molecule has 0 aliphatic carbocycles. The van der Waals surface area contributed by atoms with Gasteiger partial charge in [0, 0.05) is 38.6 Å². The molecule has 1 aromatic heterocycles. The monoisotopic (exact) mass is 278 g/mol. The molecule has 110 valence electrons. The summed E-state index contributed by atoms with van der Waals surface area (Å²) in [6, 6.07) is 0.145. The Labute approximate surface area is 119 Å². The molecule has 2 atom stereocenters. The first-order valence-corrected chi connectivity index (χ1v) is 7.35. The maximum Gasteiger partial charge on any atom is 0.251 e. The van der Waals surface area contributed by atoms with Gasteiger partial charge >= 0.3 is 0 Å². The zero-order valence-electron chi connectivity index (χ0n) is 11.9. The van der Waals surface area contributed by atoms with Crippen LogP contribution in [-0.2, 0) is 9.53 Å². The summed E-state index contributed by atoms with van der Waals surface area (Å²) < 4.78 is 5.62. The number of aromatic amines is 1. The van der Waals surface area contributed by atoms with E-state index in [0.29, 0.717) is 13.2 Å². The first kappa shape index (κ1) is 13.6. The van der Waals surface area contributed by atoms with Crippen molar-refractivity contribution in [3.63, 3.8) is 0 Å². The molecule has 6 heteroatoms. The van der Waals surface area contributed by atoms with Gasteiger partial charge in [-0.3, -0.25) is 9.69 Å². The molecule has 3 rings (SSSR count). The number of nitrogens with one attached hydrogen (secondary N) is 1. The van der Waals surface area contributed by atoms with E-state index in [0.717, 1.165) is 38.2 Å². The number of hydrogen-bond donors (Lipinski definition) is 1. The minimum atomic E-state index is -0.232. The predicted octanol–water partition coefficient (Wildman–Crippen LogP) is 0.794. The van der Waals surface area contributed by atoms with Gasteiger partial charge in [-0.2, -0.15) is 0 Å². The molecule has 0 radical (unpaired) electrons. The zero-order chi connectivity index (χ0) is 13.9. The van der Waals surface area contributed by atoms with Crippen LogP contribution < -0.4 is 0 Å². The molecule has 0 saturated carbocycles. The molecule has 0 bridgehead atoms. The van der Waals surface area contributed by atoms with Crippen LogP contribution in [0.4, 0.5) is 0 Å². The molecule has 2 aliphatic heterocycles. The molecule has 0 aromatic carbocycles. The molecule has 0 unspecified atom stereocenters. The number of rotatable bonds is 2. The number of carbonyl (C=O) groups is 1. The summed E-state index contributed by atoms with van der Waals surface area (Å²) >= 11 is 0. The Kier molecular flexibility index (Phi) is 4.03. The number of likely N-dealkylation sites (N-methyl/N-ethyl adjacent to an activating group) is 1.